The quantitative estimate of drug-likeness (QED) is 0.335. The third-order valence-electron chi connectivity index (χ3n) is 0.439. The average Bonchev–Trinajstić information content (AvgIpc) is 1.61. The number of allylic oxidation sites excluding steroid dienone is 2. The lowest BCUT2D eigenvalue weighted by molar-refractivity contribution is 1.61. The SMILES string of the molecule is [B]C/C=C/C[B]. The minimum Gasteiger partial charge on any atom is -0.0979 e. The minimum absolute atomic E-state index is 0.594. The molecule has 2 heteroatoms. The Morgan fingerprint density at radius 1 is 1.00 bits per heavy atom. The van der Waals surface area contributed by atoms with Crippen LogP contribution in [0.25, 0.3) is 0 Å². The van der Waals surface area contributed by atoms with Crippen molar-refractivity contribution in [1.82, 2.24) is 0 Å². The highest BCUT2D eigenvalue weighted by atomic mass is 13.6. The van der Waals surface area contributed by atoms with E-state index in [1.54, 1.807) is 0 Å². The van der Waals surface area contributed by atoms with Gasteiger partial charge in [-0.15, -0.1) is 0 Å². The Kier molecular flexibility index (Phi) is 4.76. The lowest BCUT2D eigenvalue weighted by Gasteiger charge is -1.72. The van der Waals surface area contributed by atoms with Gasteiger partial charge in [0.2, 0.25) is 0 Å². The zero-order chi connectivity index (χ0) is 4.83. The molecule has 4 radical (unpaired) electrons. The summed E-state index contributed by atoms with van der Waals surface area (Å²) in [5, 5.41) is 0. The molecule has 0 nitrogen and oxygen atoms in total. The number of hydrogen-bond donors (Lipinski definition) is 0. The normalized spacial score (nSPS) is 10.0. The summed E-state index contributed by atoms with van der Waals surface area (Å²) in [7, 11) is 10.1. The Bertz CT molecular complexity index is 34.8. The molecular weight excluding hydrogens is 69.7 g/mol. The fourth-order valence-electron chi connectivity index (χ4n) is 0.192. The van der Waals surface area contributed by atoms with Gasteiger partial charge in [0, 0.05) is 0 Å². The van der Waals surface area contributed by atoms with Gasteiger partial charge in [-0.25, -0.2) is 0 Å². The Hall–Kier alpha value is -0.130. The molecule has 28 valence electrons. The second-order valence-corrected chi connectivity index (χ2v) is 0.943. The van der Waals surface area contributed by atoms with Gasteiger partial charge in [0.1, 0.15) is 0 Å². The molecule has 0 N–H and O–H groups in total. The predicted octanol–water partition coefficient (Wildman–Crippen LogP) is 0.716. The van der Waals surface area contributed by atoms with Crippen molar-refractivity contribution < 1.29 is 0 Å². The van der Waals surface area contributed by atoms with Crippen molar-refractivity contribution >= 4 is 15.7 Å². The van der Waals surface area contributed by atoms with Crippen LogP contribution < -0.4 is 0 Å². The smallest absolute Gasteiger partial charge is 0.0708 e. The lowest BCUT2D eigenvalue weighted by Crippen LogP contribution is -1.58. The first-order valence-electron chi connectivity index (χ1n) is 1.97. The van der Waals surface area contributed by atoms with E-state index in [-0.39, 0.29) is 0 Å². The zero-order valence-electron chi connectivity index (χ0n) is 3.72. The first kappa shape index (κ1) is 5.87. The van der Waals surface area contributed by atoms with Crippen LogP contribution in [-0.2, 0) is 0 Å². The Morgan fingerprint density at radius 2 is 1.33 bits per heavy atom. The summed E-state index contributed by atoms with van der Waals surface area (Å²) >= 11 is 0. The molecule has 0 aromatic rings. The van der Waals surface area contributed by atoms with Crippen LogP contribution in [0.1, 0.15) is 0 Å². The van der Waals surface area contributed by atoms with Crippen LogP contribution in [0.4, 0.5) is 0 Å². The molecule has 0 amide bonds. The summed E-state index contributed by atoms with van der Waals surface area (Å²) in [6.07, 6.45) is 4.86. The van der Waals surface area contributed by atoms with Crippen LogP contribution in [0.3, 0.4) is 0 Å². The topological polar surface area (TPSA) is 0 Å². The second kappa shape index (κ2) is 4.87. The molecule has 0 saturated heterocycles. The van der Waals surface area contributed by atoms with Crippen molar-refractivity contribution in [2.75, 3.05) is 0 Å². The van der Waals surface area contributed by atoms with E-state index in [2.05, 4.69) is 0 Å². The third kappa shape index (κ3) is 3.87. The standard InChI is InChI=1S/C4H6B2/c5-3-1-2-4-6/h1-2H,3-4H2/b2-1+. The second-order valence-electron chi connectivity index (χ2n) is 0.943. The first-order chi connectivity index (χ1) is 2.91. The van der Waals surface area contributed by atoms with Crippen LogP contribution in [0.2, 0.25) is 12.6 Å². The third-order valence-corrected chi connectivity index (χ3v) is 0.439. The van der Waals surface area contributed by atoms with Crippen molar-refractivity contribution in [3.63, 3.8) is 0 Å². The molecule has 0 aliphatic carbocycles. The fourth-order valence-corrected chi connectivity index (χ4v) is 0.192. The average molecular weight is 75.7 g/mol. The molecule has 0 spiro atoms. The molecule has 0 heterocycles. The highest BCUT2D eigenvalue weighted by Gasteiger charge is 1.60. The van der Waals surface area contributed by atoms with Gasteiger partial charge in [-0.1, -0.05) is 24.8 Å². The molecule has 0 rings (SSSR count). The predicted molar refractivity (Wildman–Crippen MR) is 30.3 cm³/mol. The van der Waals surface area contributed by atoms with Crippen LogP contribution in [0.15, 0.2) is 12.2 Å². The van der Waals surface area contributed by atoms with E-state index >= 15 is 0 Å². The van der Waals surface area contributed by atoms with Crippen molar-refractivity contribution in [2.45, 2.75) is 12.6 Å². The fraction of sp³-hybridized carbons (Fsp3) is 0.500. The van der Waals surface area contributed by atoms with Crippen LogP contribution in [0.5, 0.6) is 0 Å². The summed E-state index contributed by atoms with van der Waals surface area (Å²) in [6.45, 7) is 0. The maximum atomic E-state index is 5.07. The van der Waals surface area contributed by atoms with Gasteiger partial charge in [0.15, 0.2) is 0 Å². The Labute approximate surface area is 41.4 Å². The molecule has 0 aromatic carbocycles. The van der Waals surface area contributed by atoms with E-state index in [4.69, 9.17) is 15.7 Å². The van der Waals surface area contributed by atoms with Crippen LogP contribution >= 0.6 is 0 Å². The summed E-state index contributed by atoms with van der Waals surface area (Å²) in [5.41, 5.74) is 0. The van der Waals surface area contributed by atoms with Gasteiger partial charge in [0.05, 0.1) is 15.7 Å². The maximum absolute atomic E-state index is 5.07. The molecule has 0 unspecified atom stereocenters. The van der Waals surface area contributed by atoms with E-state index in [9.17, 15) is 0 Å². The van der Waals surface area contributed by atoms with E-state index < -0.39 is 0 Å². The zero-order valence-corrected chi connectivity index (χ0v) is 3.72. The Morgan fingerprint density at radius 3 is 1.50 bits per heavy atom. The maximum Gasteiger partial charge on any atom is 0.0708 e. The van der Waals surface area contributed by atoms with Crippen molar-refractivity contribution in [1.29, 1.82) is 0 Å². The largest absolute Gasteiger partial charge is 0.0979 e. The van der Waals surface area contributed by atoms with E-state index in [1.165, 1.54) is 0 Å². The number of hydrogen-bond acceptors (Lipinski definition) is 0. The Balaban J connectivity index is 2.73. The van der Waals surface area contributed by atoms with Crippen molar-refractivity contribution in [2.24, 2.45) is 0 Å². The molecule has 0 atom stereocenters. The molecule has 0 bridgehead atoms. The van der Waals surface area contributed by atoms with E-state index in [0.717, 1.165) is 0 Å². The molecular formula is C4H6B2. The van der Waals surface area contributed by atoms with Gasteiger partial charge in [-0.2, -0.15) is 0 Å². The van der Waals surface area contributed by atoms with Gasteiger partial charge in [0.25, 0.3) is 0 Å². The summed E-state index contributed by atoms with van der Waals surface area (Å²) in [6, 6.07) is 0. The summed E-state index contributed by atoms with van der Waals surface area (Å²) in [4.78, 5) is 0. The monoisotopic (exact) mass is 76.1 g/mol. The molecule has 0 aromatic heterocycles. The summed E-state index contributed by atoms with van der Waals surface area (Å²) in [5.74, 6) is 0. The molecule has 0 fully saturated rings. The van der Waals surface area contributed by atoms with E-state index in [1.807, 2.05) is 12.2 Å². The lowest BCUT2D eigenvalue weighted by atomic mass is 10.0. The molecule has 0 aliphatic heterocycles. The first-order valence-corrected chi connectivity index (χ1v) is 1.97. The van der Waals surface area contributed by atoms with Crippen LogP contribution in [-0.4, -0.2) is 15.7 Å². The highest BCUT2D eigenvalue weighted by Crippen LogP contribution is 1.78. The van der Waals surface area contributed by atoms with Gasteiger partial charge < -0.3 is 0 Å². The van der Waals surface area contributed by atoms with Crippen LogP contribution in [0, 0.1) is 0 Å². The molecule has 6 heavy (non-hydrogen) atoms. The molecule has 0 aliphatic rings. The highest BCUT2D eigenvalue weighted by molar-refractivity contribution is 6.10. The number of rotatable bonds is 2. The van der Waals surface area contributed by atoms with Gasteiger partial charge in [-0.05, 0) is 0 Å². The molecule has 0 saturated carbocycles. The summed E-state index contributed by atoms with van der Waals surface area (Å²) < 4.78 is 0. The van der Waals surface area contributed by atoms with E-state index in [0.29, 0.717) is 12.6 Å². The van der Waals surface area contributed by atoms with Crippen molar-refractivity contribution in [3.05, 3.63) is 12.2 Å². The minimum atomic E-state index is 0.594. The van der Waals surface area contributed by atoms with Gasteiger partial charge in [-0.3, -0.25) is 0 Å². The van der Waals surface area contributed by atoms with Gasteiger partial charge >= 0.3 is 0 Å². The van der Waals surface area contributed by atoms with Crippen molar-refractivity contribution in [3.8, 4) is 0 Å².